The molecule has 0 aromatic heterocycles. The minimum Gasteiger partial charge on any atom is -0.394 e. The van der Waals surface area contributed by atoms with E-state index in [1.165, 1.54) is 6.08 Å². The fourth-order valence-electron chi connectivity index (χ4n) is 0.662. The van der Waals surface area contributed by atoms with Crippen molar-refractivity contribution in [2.24, 2.45) is 0 Å². The van der Waals surface area contributed by atoms with Crippen LogP contribution in [0.2, 0.25) is 0 Å². The van der Waals surface area contributed by atoms with Crippen LogP contribution >= 0.6 is 0 Å². The maximum absolute atomic E-state index is 10.9. The summed E-state index contributed by atoms with van der Waals surface area (Å²) in [5, 5.41) is 11.9. The molecule has 0 amide bonds. The fraction of sp³-hybridized carbons (Fsp3) is 0.625. The zero-order valence-corrected chi connectivity index (χ0v) is 7.22. The minimum absolute atomic E-state index is 0.0770. The quantitative estimate of drug-likeness (QED) is 0.582. The van der Waals surface area contributed by atoms with E-state index in [0.29, 0.717) is 0 Å². The van der Waals surface area contributed by atoms with Gasteiger partial charge >= 0.3 is 0 Å². The monoisotopic (exact) mass is 157 g/mol. The molecule has 0 aromatic carbocycles. The lowest BCUT2D eigenvalue weighted by molar-refractivity contribution is -0.118. The zero-order chi connectivity index (χ0) is 8.91. The summed E-state index contributed by atoms with van der Waals surface area (Å²) in [6.45, 7) is 3.22. The van der Waals surface area contributed by atoms with Crippen LogP contribution in [0.15, 0.2) is 12.3 Å². The first-order valence-corrected chi connectivity index (χ1v) is 3.55. The topological polar surface area (TPSA) is 49.3 Å². The summed E-state index contributed by atoms with van der Waals surface area (Å²) in [4.78, 5) is 10.9. The molecule has 0 radical (unpaired) electrons. The highest BCUT2D eigenvalue weighted by molar-refractivity contribution is 5.90. The van der Waals surface area contributed by atoms with Gasteiger partial charge in [0.1, 0.15) is 0 Å². The van der Waals surface area contributed by atoms with Gasteiger partial charge in [0.2, 0.25) is 0 Å². The van der Waals surface area contributed by atoms with E-state index in [2.05, 4.69) is 5.32 Å². The first-order chi connectivity index (χ1) is 4.95. The first kappa shape index (κ1) is 10.2. The summed E-state index contributed by atoms with van der Waals surface area (Å²) in [5.74, 6) is -0.0770. The summed E-state index contributed by atoms with van der Waals surface area (Å²) < 4.78 is 0. The van der Waals surface area contributed by atoms with Crippen LogP contribution in [0.4, 0.5) is 0 Å². The van der Waals surface area contributed by atoms with E-state index in [9.17, 15) is 9.90 Å². The van der Waals surface area contributed by atoms with Crippen LogP contribution < -0.4 is 5.32 Å². The van der Waals surface area contributed by atoms with Crippen molar-refractivity contribution < 1.29 is 9.90 Å². The Morgan fingerprint density at radius 1 is 1.64 bits per heavy atom. The van der Waals surface area contributed by atoms with Crippen LogP contribution in [0.1, 0.15) is 20.3 Å². The molecule has 0 aliphatic heterocycles. The van der Waals surface area contributed by atoms with Gasteiger partial charge in [-0.3, -0.25) is 4.79 Å². The molecule has 0 atom stereocenters. The smallest absolute Gasteiger partial charge is 0.159 e. The standard InChI is InChI=1S/C8H15NO2/c1-8(2,11)6-7(10)4-5-9-3/h4-5,9,11H,6H2,1-3H3/b5-4+. The van der Waals surface area contributed by atoms with Crippen molar-refractivity contribution in [3.05, 3.63) is 12.3 Å². The molecule has 0 rings (SSSR count). The van der Waals surface area contributed by atoms with Crippen LogP contribution in [0.3, 0.4) is 0 Å². The predicted molar refractivity (Wildman–Crippen MR) is 44.1 cm³/mol. The molecule has 0 unspecified atom stereocenters. The number of carbonyl (C=O) groups is 1. The van der Waals surface area contributed by atoms with Gasteiger partial charge in [-0.2, -0.15) is 0 Å². The Balaban J connectivity index is 3.80. The van der Waals surface area contributed by atoms with Gasteiger partial charge in [-0.15, -0.1) is 0 Å². The minimum atomic E-state index is -0.908. The van der Waals surface area contributed by atoms with E-state index < -0.39 is 5.60 Å². The van der Waals surface area contributed by atoms with E-state index in [-0.39, 0.29) is 12.2 Å². The van der Waals surface area contributed by atoms with Crippen LogP contribution in [0.25, 0.3) is 0 Å². The van der Waals surface area contributed by atoms with Crippen molar-refractivity contribution in [3.8, 4) is 0 Å². The number of allylic oxidation sites excluding steroid dienone is 1. The van der Waals surface area contributed by atoms with Crippen molar-refractivity contribution in [1.82, 2.24) is 5.32 Å². The molecule has 0 fully saturated rings. The Labute approximate surface area is 67.1 Å². The zero-order valence-electron chi connectivity index (χ0n) is 7.22. The van der Waals surface area contributed by atoms with Crippen molar-refractivity contribution in [2.75, 3.05) is 7.05 Å². The van der Waals surface area contributed by atoms with Gasteiger partial charge in [-0.25, -0.2) is 0 Å². The second-order valence-electron chi connectivity index (χ2n) is 3.08. The predicted octanol–water partition coefficient (Wildman–Crippen LogP) is 0.450. The Hall–Kier alpha value is -0.830. The Kier molecular flexibility index (Phi) is 3.82. The Morgan fingerprint density at radius 3 is 2.55 bits per heavy atom. The molecular weight excluding hydrogens is 142 g/mol. The molecule has 3 heteroatoms. The van der Waals surface area contributed by atoms with Gasteiger partial charge in [0.25, 0.3) is 0 Å². The number of hydrogen-bond acceptors (Lipinski definition) is 3. The SMILES string of the molecule is CN/C=C/C(=O)CC(C)(C)O. The van der Waals surface area contributed by atoms with Crippen LogP contribution in [-0.4, -0.2) is 23.5 Å². The van der Waals surface area contributed by atoms with Crippen molar-refractivity contribution in [1.29, 1.82) is 0 Å². The molecule has 0 saturated carbocycles. The number of rotatable bonds is 4. The third kappa shape index (κ3) is 7.06. The molecule has 0 aliphatic carbocycles. The highest BCUT2D eigenvalue weighted by Gasteiger charge is 2.15. The maximum atomic E-state index is 10.9. The fourth-order valence-corrected chi connectivity index (χ4v) is 0.662. The van der Waals surface area contributed by atoms with Gasteiger partial charge in [0.15, 0.2) is 5.78 Å². The van der Waals surface area contributed by atoms with Crippen molar-refractivity contribution >= 4 is 5.78 Å². The second-order valence-corrected chi connectivity index (χ2v) is 3.08. The van der Waals surface area contributed by atoms with Crippen LogP contribution in [-0.2, 0) is 4.79 Å². The highest BCUT2D eigenvalue weighted by atomic mass is 16.3. The molecule has 0 heterocycles. The van der Waals surface area contributed by atoms with E-state index >= 15 is 0 Å². The molecule has 0 saturated heterocycles. The molecule has 2 N–H and O–H groups in total. The van der Waals surface area contributed by atoms with Gasteiger partial charge in [0, 0.05) is 13.5 Å². The number of nitrogens with one attached hydrogen (secondary N) is 1. The van der Waals surface area contributed by atoms with Crippen molar-refractivity contribution in [2.45, 2.75) is 25.9 Å². The lowest BCUT2D eigenvalue weighted by atomic mass is 10.0. The normalized spacial score (nSPS) is 12.0. The summed E-state index contributed by atoms with van der Waals surface area (Å²) in [6, 6.07) is 0. The lowest BCUT2D eigenvalue weighted by Gasteiger charge is -2.13. The van der Waals surface area contributed by atoms with Gasteiger partial charge in [0.05, 0.1) is 5.60 Å². The van der Waals surface area contributed by atoms with Gasteiger partial charge in [-0.05, 0) is 26.1 Å². The molecule has 0 aliphatic rings. The summed E-state index contributed by atoms with van der Waals surface area (Å²) in [7, 11) is 1.72. The number of carbonyl (C=O) groups excluding carboxylic acids is 1. The highest BCUT2D eigenvalue weighted by Crippen LogP contribution is 2.07. The lowest BCUT2D eigenvalue weighted by Crippen LogP contribution is -2.22. The van der Waals surface area contributed by atoms with E-state index in [4.69, 9.17) is 0 Å². The average molecular weight is 157 g/mol. The largest absolute Gasteiger partial charge is 0.394 e. The van der Waals surface area contributed by atoms with Crippen molar-refractivity contribution in [3.63, 3.8) is 0 Å². The number of aliphatic hydroxyl groups is 1. The van der Waals surface area contributed by atoms with E-state index in [1.807, 2.05) is 0 Å². The number of hydrogen-bond donors (Lipinski definition) is 2. The third-order valence-corrected chi connectivity index (χ3v) is 1.04. The molecule has 0 spiro atoms. The molecule has 0 bridgehead atoms. The van der Waals surface area contributed by atoms with Crippen LogP contribution in [0, 0.1) is 0 Å². The summed E-state index contributed by atoms with van der Waals surface area (Å²) in [5.41, 5.74) is -0.908. The molecule has 0 aromatic rings. The molecular formula is C8H15NO2. The van der Waals surface area contributed by atoms with Gasteiger partial charge < -0.3 is 10.4 Å². The summed E-state index contributed by atoms with van der Waals surface area (Å²) in [6.07, 6.45) is 3.12. The van der Waals surface area contributed by atoms with E-state index in [0.717, 1.165) is 0 Å². The van der Waals surface area contributed by atoms with E-state index in [1.54, 1.807) is 27.1 Å². The molecule has 3 nitrogen and oxygen atoms in total. The third-order valence-electron chi connectivity index (χ3n) is 1.04. The average Bonchev–Trinajstić information content (AvgIpc) is 1.79. The number of ketones is 1. The first-order valence-electron chi connectivity index (χ1n) is 3.55. The Morgan fingerprint density at radius 2 is 2.18 bits per heavy atom. The summed E-state index contributed by atoms with van der Waals surface area (Å²) >= 11 is 0. The van der Waals surface area contributed by atoms with Gasteiger partial charge in [-0.1, -0.05) is 0 Å². The Bertz CT molecular complexity index is 156. The molecule has 11 heavy (non-hydrogen) atoms. The second kappa shape index (κ2) is 4.13. The maximum Gasteiger partial charge on any atom is 0.159 e. The molecule has 64 valence electrons. The van der Waals surface area contributed by atoms with Crippen LogP contribution in [0.5, 0.6) is 0 Å².